The molecule has 0 radical (unpaired) electrons. The topological polar surface area (TPSA) is 40.9 Å². The number of carbonyl (C=O) groups is 1. The van der Waals surface area contributed by atoms with E-state index in [2.05, 4.69) is 0 Å². The van der Waals surface area contributed by atoms with Gasteiger partial charge in [-0.05, 0) is 19.1 Å². The third-order valence-corrected chi connectivity index (χ3v) is 0.427. The van der Waals surface area contributed by atoms with Crippen molar-refractivity contribution in [3.05, 3.63) is 12.2 Å². The zero-order valence-corrected chi connectivity index (χ0v) is 4.14. The Balaban J connectivity index is 3.46. The summed E-state index contributed by atoms with van der Waals surface area (Å²) in [6, 6.07) is 0. The van der Waals surface area contributed by atoms with Crippen molar-refractivity contribution in [3.8, 4) is 0 Å². The molecule has 0 aromatic carbocycles. The summed E-state index contributed by atoms with van der Waals surface area (Å²) in [5.74, 6) is -0.0245. The summed E-state index contributed by atoms with van der Waals surface area (Å²) in [7, 11) is 0. The molecule has 0 rings (SSSR count). The van der Waals surface area contributed by atoms with E-state index >= 15 is 0 Å². The molecule has 0 amide bonds. The van der Waals surface area contributed by atoms with Gasteiger partial charge < -0.3 is 5.41 Å². The van der Waals surface area contributed by atoms with E-state index in [1.54, 1.807) is 0 Å². The Bertz CT molecular complexity index is 105. The lowest BCUT2D eigenvalue weighted by Crippen LogP contribution is -1.78. The molecule has 1 N–H and O–H groups in total. The van der Waals surface area contributed by atoms with Crippen molar-refractivity contribution >= 4 is 12.0 Å². The van der Waals surface area contributed by atoms with Crippen LogP contribution in [0.15, 0.2) is 12.2 Å². The van der Waals surface area contributed by atoms with Gasteiger partial charge in [0.15, 0.2) is 5.78 Å². The number of ketones is 1. The van der Waals surface area contributed by atoms with Crippen LogP contribution in [0.3, 0.4) is 0 Å². The van der Waals surface area contributed by atoms with E-state index < -0.39 is 0 Å². The third kappa shape index (κ3) is 5.08. The van der Waals surface area contributed by atoms with Gasteiger partial charge in [0.1, 0.15) is 0 Å². The van der Waals surface area contributed by atoms with Crippen LogP contribution in [-0.4, -0.2) is 12.0 Å². The zero-order chi connectivity index (χ0) is 5.70. The lowest BCUT2D eigenvalue weighted by atomic mass is 10.4. The van der Waals surface area contributed by atoms with E-state index in [1.807, 2.05) is 0 Å². The molecule has 0 aromatic rings. The van der Waals surface area contributed by atoms with E-state index in [-0.39, 0.29) is 5.78 Å². The van der Waals surface area contributed by atoms with Crippen molar-refractivity contribution in [2.45, 2.75) is 6.92 Å². The summed E-state index contributed by atoms with van der Waals surface area (Å²) in [5.41, 5.74) is 0. The lowest BCUT2D eigenvalue weighted by Gasteiger charge is -1.69. The highest BCUT2D eigenvalue weighted by Gasteiger charge is 1.74. The first-order valence-corrected chi connectivity index (χ1v) is 1.95. The molecule has 0 atom stereocenters. The van der Waals surface area contributed by atoms with Crippen molar-refractivity contribution in [2.24, 2.45) is 0 Å². The van der Waals surface area contributed by atoms with Crippen LogP contribution in [0, 0.1) is 5.41 Å². The van der Waals surface area contributed by atoms with Crippen LogP contribution in [0.4, 0.5) is 0 Å². The number of nitrogens with one attached hydrogen (secondary N) is 1. The first-order valence-electron chi connectivity index (χ1n) is 1.95. The fourth-order valence-electron chi connectivity index (χ4n) is 0.184. The number of hydrogen-bond acceptors (Lipinski definition) is 2. The van der Waals surface area contributed by atoms with Crippen LogP contribution in [0.1, 0.15) is 6.92 Å². The third-order valence-electron chi connectivity index (χ3n) is 0.427. The normalized spacial score (nSPS) is 9.29. The summed E-state index contributed by atoms with van der Waals surface area (Å²) in [4.78, 5) is 10.0. The number of rotatable bonds is 2. The van der Waals surface area contributed by atoms with Gasteiger partial charge >= 0.3 is 0 Å². The molecule has 0 unspecified atom stereocenters. The number of carbonyl (C=O) groups excluding carboxylic acids is 1. The lowest BCUT2D eigenvalue weighted by molar-refractivity contribution is -0.112. The minimum Gasteiger partial charge on any atom is -0.309 e. The minimum atomic E-state index is -0.0245. The number of hydrogen-bond donors (Lipinski definition) is 1. The smallest absolute Gasteiger partial charge is 0.152 e. The summed E-state index contributed by atoms with van der Waals surface area (Å²) < 4.78 is 0. The van der Waals surface area contributed by atoms with E-state index in [1.165, 1.54) is 19.1 Å². The van der Waals surface area contributed by atoms with Gasteiger partial charge in [-0.3, -0.25) is 4.79 Å². The van der Waals surface area contributed by atoms with Crippen molar-refractivity contribution in [2.75, 3.05) is 0 Å². The van der Waals surface area contributed by atoms with Gasteiger partial charge in [-0.1, -0.05) is 0 Å². The summed E-state index contributed by atoms with van der Waals surface area (Å²) in [6.07, 6.45) is 3.80. The van der Waals surface area contributed by atoms with Gasteiger partial charge in [-0.15, -0.1) is 0 Å². The van der Waals surface area contributed by atoms with E-state index in [0.717, 1.165) is 6.21 Å². The molecule has 0 aliphatic carbocycles. The fraction of sp³-hybridized carbons (Fsp3) is 0.200. The minimum absolute atomic E-state index is 0.0245. The first-order chi connectivity index (χ1) is 3.27. The largest absolute Gasteiger partial charge is 0.309 e. The van der Waals surface area contributed by atoms with Gasteiger partial charge in [0, 0.05) is 6.21 Å². The Hall–Kier alpha value is -0.920. The molecule has 2 heteroatoms. The predicted octanol–water partition coefficient (Wildman–Crippen LogP) is 0.781. The molecule has 0 saturated heterocycles. The maximum absolute atomic E-state index is 10.0. The van der Waals surface area contributed by atoms with Gasteiger partial charge in [0.05, 0.1) is 0 Å². The quantitative estimate of drug-likeness (QED) is 0.401. The van der Waals surface area contributed by atoms with Crippen LogP contribution < -0.4 is 0 Å². The molecule has 0 bridgehead atoms. The van der Waals surface area contributed by atoms with E-state index in [0.29, 0.717) is 0 Å². The molecule has 2 nitrogen and oxygen atoms in total. The van der Waals surface area contributed by atoms with Gasteiger partial charge in [-0.2, -0.15) is 0 Å². The Kier molecular flexibility index (Phi) is 2.85. The van der Waals surface area contributed by atoms with Gasteiger partial charge in [0.2, 0.25) is 0 Å². The summed E-state index contributed by atoms with van der Waals surface area (Å²) in [5, 5.41) is 6.43. The SMILES string of the molecule is CC(=O)/C=C/C=N. The first kappa shape index (κ1) is 6.08. The molecule has 7 heavy (non-hydrogen) atoms. The van der Waals surface area contributed by atoms with E-state index in [9.17, 15) is 4.79 Å². The molecule has 0 spiro atoms. The summed E-state index contributed by atoms with van der Waals surface area (Å²) >= 11 is 0. The Labute approximate surface area is 42.4 Å². The van der Waals surface area contributed by atoms with Gasteiger partial charge in [-0.25, -0.2) is 0 Å². The van der Waals surface area contributed by atoms with Crippen molar-refractivity contribution in [3.63, 3.8) is 0 Å². The van der Waals surface area contributed by atoms with Crippen molar-refractivity contribution in [1.82, 2.24) is 0 Å². The Morgan fingerprint density at radius 1 is 1.71 bits per heavy atom. The fourth-order valence-corrected chi connectivity index (χ4v) is 0.184. The molecule has 0 aliphatic heterocycles. The summed E-state index contributed by atoms with van der Waals surface area (Å²) in [6.45, 7) is 1.44. The molecule has 0 saturated carbocycles. The van der Waals surface area contributed by atoms with Crippen LogP contribution in [0.2, 0.25) is 0 Å². The molecular formula is C5H7NO. The van der Waals surface area contributed by atoms with Gasteiger partial charge in [0.25, 0.3) is 0 Å². The van der Waals surface area contributed by atoms with Crippen LogP contribution in [0.25, 0.3) is 0 Å². The second-order valence-electron chi connectivity index (χ2n) is 1.14. The highest BCUT2D eigenvalue weighted by molar-refractivity contribution is 5.90. The van der Waals surface area contributed by atoms with E-state index in [4.69, 9.17) is 5.41 Å². The van der Waals surface area contributed by atoms with Crippen LogP contribution in [-0.2, 0) is 4.79 Å². The predicted molar refractivity (Wildman–Crippen MR) is 28.6 cm³/mol. The second kappa shape index (κ2) is 3.28. The highest BCUT2D eigenvalue weighted by atomic mass is 16.1. The molecular weight excluding hydrogens is 90.1 g/mol. The Morgan fingerprint density at radius 3 is 2.43 bits per heavy atom. The maximum Gasteiger partial charge on any atom is 0.152 e. The molecule has 0 aliphatic rings. The number of allylic oxidation sites excluding steroid dienone is 2. The maximum atomic E-state index is 10.0. The monoisotopic (exact) mass is 97.1 g/mol. The van der Waals surface area contributed by atoms with Crippen LogP contribution in [0.5, 0.6) is 0 Å². The molecule has 38 valence electrons. The standard InChI is InChI=1S/C5H7NO/c1-5(7)3-2-4-6/h2-4,6H,1H3/b3-2+,6-4?. The highest BCUT2D eigenvalue weighted by Crippen LogP contribution is 1.68. The van der Waals surface area contributed by atoms with Crippen molar-refractivity contribution < 1.29 is 4.79 Å². The average molecular weight is 97.1 g/mol. The van der Waals surface area contributed by atoms with Crippen molar-refractivity contribution in [1.29, 1.82) is 5.41 Å². The molecule has 0 fully saturated rings. The average Bonchev–Trinajstić information content (AvgIpc) is 1.61. The molecule has 0 aromatic heterocycles. The van der Waals surface area contributed by atoms with Crippen LogP contribution >= 0.6 is 0 Å². The Morgan fingerprint density at radius 2 is 2.29 bits per heavy atom. The molecule has 0 heterocycles. The second-order valence-corrected chi connectivity index (χ2v) is 1.14. The zero-order valence-electron chi connectivity index (χ0n) is 4.14.